The molecule has 1 aromatic carbocycles. The quantitative estimate of drug-likeness (QED) is 0.682. The number of hydrogen-bond donors (Lipinski definition) is 3. The number of aliphatic hydroxyl groups excluding tert-OH is 1. The molecule has 2 unspecified atom stereocenters. The second-order valence-corrected chi connectivity index (χ2v) is 3.81. The molecular formula is C12H18N2O2. The maximum atomic E-state index is 11.7. The first kappa shape index (κ1) is 12.7. The molecule has 0 bridgehead atoms. The lowest BCUT2D eigenvalue weighted by molar-refractivity contribution is -0.123. The number of nitrogens with one attached hydrogen (secondary N) is 1. The zero-order valence-electron chi connectivity index (χ0n) is 9.39. The van der Waals surface area contributed by atoms with Crippen LogP contribution >= 0.6 is 0 Å². The van der Waals surface area contributed by atoms with Gasteiger partial charge in [0.25, 0.3) is 0 Å². The Hall–Kier alpha value is -1.39. The van der Waals surface area contributed by atoms with E-state index in [0.717, 1.165) is 5.56 Å². The van der Waals surface area contributed by atoms with Crippen LogP contribution in [0.15, 0.2) is 30.3 Å². The van der Waals surface area contributed by atoms with E-state index in [1.807, 2.05) is 37.3 Å². The molecule has 0 saturated heterocycles. The van der Waals surface area contributed by atoms with Crippen molar-refractivity contribution in [3.05, 3.63) is 35.9 Å². The smallest absolute Gasteiger partial charge is 0.241 e. The van der Waals surface area contributed by atoms with Crippen LogP contribution in [0.1, 0.15) is 24.9 Å². The summed E-state index contributed by atoms with van der Waals surface area (Å²) < 4.78 is 0. The average Bonchev–Trinajstić information content (AvgIpc) is 2.29. The Bertz CT molecular complexity index is 327. The molecule has 4 nitrogen and oxygen atoms in total. The van der Waals surface area contributed by atoms with Crippen LogP contribution in [0.5, 0.6) is 0 Å². The van der Waals surface area contributed by atoms with Crippen molar-refractivity contribution >= 4 is 5.91 Å². The molecule has 4 heteroatoms. The first-order valence-corrected chi connectivity index (χ1v) is 5.37. The second-order valence-electron chi connectivity index (χ2n) is 3.81. The van der Waals surface area contributed by atoms with E-state index in [0.29, 0.717) is 6.42 Å². The van der Waals surface area contributed by atoms with Gasteiger partial charge in [0.1, 0.15) is 6.04 Å². The molecule has 2 atom stereocenters. The molecule has 1 amide bonds. The number of nitrogens with two attached hydrogens (primary N) is 1. The van der Waals surface area contributed by atoms with Gasteiger partial charge in [-0.1, -0.05) is 30.3 Å². The van der Waals surface area contributed by atoms with E-state index in [9.17, 15) is 4.79 Å². The van der Waals surface area contributed by atoms with Gasteiger partial charge in [-0.15, -0.1) is 0 Å². The monoisotopic (exact) mass is 222 g/mol. The largest absolute Gasteiger partial charge is 0.396 e. The highest BCUT2D eigenvalue weighted by atomic mass is 16.3. The second kappa shape index (κ2) is 6.25. The number of carbonyl (C=O) groups is 1. The van der Waals surface area contributed by atoms with Crippen LogP contribution in [0, 0.1) is 0 Å². The molecule has 0 aromatic heterocycles. The van der Waals surface area contributed by atoms with Gasteiger partial charge in [0.2, 0.25) is 5.91 Å². The zero-order valence-corrected chi connectivity index (χ0v) is 9.39. The Balaban J connectivity index is 2.55. The van der Waals surface area contributed by atoms with E-state index < -0.39 is 6.04 Å². The van der Waals surface area contributed by atoms with Gasteiger partial charge in [0, 0.05) is 12.6 Å². The van der Waals surface area contributed by atoms with Crippen LogP contribution in [0.3, 0.4) is 0 Å². The van der Waals surface area contributed by atoms with Gasteiger partial charge in [-0.25, -0.2) is 0 Å². The molecular weight excluding hydrogens is 204 g/mol. The summed E-state index contributed by atoms with van der Waals surface area (Å²) >= 11 is 0. The van der Waals surface area contributed by atoms with Crippen LogP contribution < -0.4 is 11.1 Å². The molecule has 0 fully saturated rings. The average molecular weight is 222 g/mol. The predicted molar refractivity (Wildman–Crippen MR) is 62.7 cm³/mol. The fourth-order valence-corrected chi connectivity index (χ4v) is 1.41. The normalized spacial score (nSPS) is 14.2. The van der Waals surface area contributed by atoms with Gasteiger partial charge in [-0.05, 0) is 18.9 Å². The Morgan fingerprint density at radius 2 is 2.06 bits per heavy atom. The summed E-state index contributed by atoms with van der Waals surface area (Å²) in [6, 6.07) is 8.50. The minimum atomic E-state index is -0.651. The number of amides is 1. The third-order valence-corrected chi connectivity index (χ3v) is 2.39. The standard InChI is InChI=1S/C12H18N2O2/c1-9(7-8-15)14-12(16)11(13)10-5-3-2-4-6-10/h2-6,9,11,15H,7-8,13H2,1H3,(H,14,16). The van der Waals surface area contributed by atoms with Crippen molar-refractivity contribution < 1.29 is 9.90 Å². The maximum Gasteiger partial charge on any atom is 0.241 e. The van der Waals surface area contributed by atoms with Crippen molar-refractivity contribution in [3.8, 4) is 0 Å². The zero-order chi connectivity index (χ0) is 12.0. The van der Waals surface area contributed by atoms with Crippen molar-refractivity contribution in [3.63, 3.8) is 0 Å². The minimum Gasteiger partial charge on any atom is -0.396 e. The van der Waals surface area contributed by atoms with Gasteiger partial charge in [0.15, 0.2) is 0 Å². The number of hydrogen-bond acceptors (Lipinski definition) is 3. The highest BCUT2D eigenvalue weighted by Gasteiger charge is 2.16. The molecule has 0 heterocycles. The van der Waals surface area contributed by atoms with E-state index in [-0.39, 0.29) is 18.6 Å². The summed E-state index contributed by atoms with van der Waals surface area (Å²) in [4.78, 5) is 11.7. The van der Waals surface area contributed by atoms with Crippen molar-refractivity contribution in [2.24, 2.45) is 5.73 Å². The third kappa shape index (κ3) is 3.64. The molecule has 0 spiro atoms. The number of carbonyl (C=O) groups excluding carboxylic acids is 1. The summed E-state index contributed by atoms with van der Waals surface area (Å²) in [6.45, 7) is 1.90. The molecule has 0 aliphatic rings. The topological polar surface area (TPSA) is 75.3 Å². The maximum absolute atomic E-state index is 11.7. The van der Waals surface area contributed by atoms with Gasteiger partial charge < -0.3 is 16.2 Å². The lowest BCUT2D eigenvalue weighted by atomic mass is 10.1. The molecule has 1 rings (SSSR count). The summed E-state index contributed by atoms with van der Waals surface area (Å²) in [5.74, 6) is -0.216. The van der Waals surface area contributed by atoms with E-state index in [1.165, 1.54) is 0 Å². The van der Waals surface area contributed by atoms with Crippen LogP contribution in [0.25, 0.3) is 0 Å². The first-order valence-electron chi connectivity index (χ1n) is 5.37. The minimum absolute atomic E-state index is 0.0576. The lowest BCUT2D eigenvalue weighted by Crippen LogP contribution is -2.39. The number of benzene rings is 1. The SMILES string of the molecule is CC(CCO)NC(=O)C(N)c1ccccc1. The molecule has 0 aliphatic carbocycles. The van der Waals surface area contributed by atoms with Crippen molar-refractivity contribution in [1.29, 1.82) is 0 Å². The van der Waals surface area contributed by atoms with Crippen molar-refractivity contribution in [1.82, 2.24) is 5.32 Å². The Labute approximate surface area is 95.5 Å². The van der Waals surface area contributed by atoms with E-state index >= 15 is 0 Å². The lowest BCUT2D eigenvalue weighted by Gasteiger charge is -2.16. The molecule has 1 aromatic rings. The molecule has 4 N–H and O–H groups in total. The Morgan fingerprint density at radius 3 is 2.62 bits per heavy atom. The summed E-state index contributed by atoms with van der Waals surface area (Å²) in [7, 11) is 0. The summed E-state index contributed by atoms with van der Waals surface area (Å²) in [6.07, 6.45) is 0.535. The van der Waals surface area contributed by atoms with E-state index in [1.54, 1.807) is 0 Å². The molecule has 0 aliphatic heterocycles. The number of rotatable bonds is 5. The van der Waals surface area contributed by atoms with E-state index in [4.69, 9.17) is 10.8 Å². The summed E-state index contributed by atoms with van der Waals surface area (Å²) in [5, 5.41) is 11.5. The van der Waals surface area contributed by atoms with Crippen molar-refractivity contribution in [2.75, 3.05) is 6.61 Å². The first-order chi connectivity index (χ1) is 7.65. The Kier molecular flexibility index (Phi) is 4.95. The van der Waals surface area contributed by atoms with Gasteiger partial charge in [0.05, 0.1) is 0 Å². The molecule has 0 radical (unpaired) electrons. The Morgan fingerprint density at radius 1 is 1.44 bits per heavy atom. The van der Waals surface area contributed by atoms with Gasteiger partial charge >= 0.3 is 0 Å². The fourth-order valence-electron chi connectivity index (χ4n) is 1.41. The van der Waals surface area contributed by atoms with Gasteiger partial charge in [-0.3, -0.25) is 4.79 Å². The highest BCUT2D eigenvalue weighted by Crippen LogP contribution is 2.09. The predicted octanol–water partition coefficient (Wildman–Crippen LogP) is 0.573. The van der Waals surface area contributed by atoms with Crippen LogP contribution in [-0.2, 0) is 4.79 Å². The van der Waals surface area contributed by atoms with Crippen LogP contribution in [0.4, 0.5) is 0 Å². The highest BCUT2D eigenvalue weighted by molar-refractivity contribution is 5.83. The summed E-state index contributed by atoms with van der Waals surface area (Å²) in [5.41, 5.74) is 6.60. The van der Waals surface area contributed by atoms with Crippen molar-refractivity contribution in [2.45, 2.75) is 25.4 Å². The molecule has 0 saturated carbocycles. The molecule has 88 valence electrons. The third-order valence-electron chi connectivity index (χ3n) is 2.39. The van der Waals surface area contributed by atoms with E-state index in [2.05, 4.69) is 5.32 Å². The van der Waals surface area contributed by atoms with Crippen LogP contribution in [0.2, 0.25) is 0 Å². The van der Waals surface area contributed by atoms with Crippen LogP contribution in [-0.4, -0.2) is 23.7 Å². The van der Waals surface area contributed by atoms with Gasteiger partial charge in [-0.2, -0.15) is 0 Å². The fraction of sp³-hybridized carbons (Fsp3) is 0.417. The number of aliphatic hydroxyl groups is 1. The molecule has 16 heavy (non-hydrogen) atoms.